The van der Waals surface area contributed by atoms with Crippen molar-refractivity contribution >= 4 is 12.1 Å². The van der Waals surface area contributed by atoms with E-state index in [1.54, 1.807) is 6.92 Å². The van der Waals surface area contributed by atoms with E-state index in [9.17, 15) is 14.7 Å². The van der Waals surface area contributed by atoms with Crippen molar-refractivity contribution in [3.05, 3.63) is 0 Å². The number of carbonyl (C=O) groups is 2. The zero-order chi connectivity index (χ0) is 14.1. The van der Waals surface area contributed by atoms with E-state index >= 15 is 0 Å². The Labute approximate surface area is 112 Å². The summed E-state index contributed by atoms with van der Waals surface area (Å²) in [6, 6.07) is 0. The lowest BCUT2D eigenvalue weighted by Crippen LogP contribution is -2.57. The molecule has 6 nitrogen and oxygen atoms in total. The van der Waals surface area contributed by atoms with Crippen LogP contribution in [0, 0.1) is 0 Å². The van der Waals surface area contributed by atoms with Gasteiger partial charge in [0.05, 0.1) is 0 Å². The molecule has 0 aromatic carbocycles. The lowest BCUT2D eigenvalue weighted by Gasteiger charge is -2.42. The first-order chi connectivity index (χ1) is 8.89. The van der Waals surface area contributed by atoms with Gasteiger partial charge in [0, 0.05) is 13.0 Å². The van der Waals surface area contributed by atoms with Crippen LogP contribution in [0.4, 0.5) is 4.79 Å². The summed E-state index contributed by atoms with van der Waals surface area (Å²) in [4.78, 5) is 23.7. The second-order valence-corrected chi connectivity index (χ2v) is 5.59. The first-order valence-corrected chi connectivity index (χ1v) is 6.84. The number of hydrogen-bond acceptors (Lipinski definition) is 4. The van der Waals surface area contributed by atoms with Gasteiger partial charge in [0.15, 0.2) is 11.3 Å². The van der Waals surface area contributed by atoms with Crippen molar-refractivity contribution in [2.75, 3.05) is 6.54 Å². The van der Waals surface area contributed by atoms with Gasteiger partial charge in [-0.15, -0.1) is 0 Å². The van der Waals surface area contributed by atoms with Crippen LogP contribution >= 0.6 is 0 Å². The largest absolute Gasteiger partial charge is 0.481 e. The Kier molecular flexibility index (Phi) is 3.71. The van der Waals surface area contributed by atoms with E-state index < -0.39 is 23.4 Å². The fourth-order valence-corrected chi connectivity index (χ4v) is 3.14. The summed E-state index contributed by atoms with van der Waals surface area (Å²) in [6.07, 6.45) is 4.07. The normalized spacial score (nSPS) is 29.6. The number of aliphatic carboxylic acids is 1. The van der Waals surface area contributed by atoms with Crippen molar-refractivity contribution in [3.8, 4) is 0 Å². The Bertz CT molecular complexity index is 373. The second kappa shape index (κ2) is 5.00. The number of rotatable bonds is 4. The van der Waals surface area contributed by atoms with Crippen molar-refractivity contribution < 1.29 is 24.5 Å². The number of aliphatic hydroxyl groups is 1. The summed E-state index contributed by atoms with van der Waals surface area (Å²) in [6.45, 7) is 1.81. The van der Waals surface area contributed by atoms with Gasteiger partial charge in [-0.3, -0.25) is 9.69 Å². The van der Waals surface area contributed by atoms with Crippen LogP contribution in [0.5, 0.6) is 0 Å². The van der Waals surface area contributed by atoms with Crippen LogP contribution in [0.3, 0.4) is 0 Å². The molecule has 2 aliphatic rings. The molecule has 2 N–H and O–H groups in total. The van der Waals surface area contributed by atoms with Crippen LogP contribution in [0.2, 0.25) is 0 Å². The Morgan fingerprint density at radius 1 is 1.37 bits per heavy atom. The highest BCUT2D eigenvalue weighted by Crippen LogP contribution is 2.46. The predicted octanol–water partition coefficient (Wildman–Crippen LogP) is 1.71. The van der Waals surface area contributed by atoms with Crippen molar-refractivity contribution in [2.45, 2.75) is 63.2 Å². The average Bonchev–Trinajstić information content (AvgIpc) is 2.50. The molecule has 2 fully saturated rings. The van der Waals surface area contributed by atoms with Gasteiger partial charge in [-0.05, 0) is 39.0 Å². The maximum absolute atomic E-state index is 11.9. The molecular weight excluding hydrogens is 250 g/mol. The summed E-state index contributed by atoms with van der Waals surface area (Å²) in [5.74, 6) is -0.903. The van der Waals surface area contributed by atoms with Gasteiger partial charge >= 0.3 is 12.1 Å². The number of nitrogens with zero attached hydrogens (tertiary/aromatic N) is 1. The van der Waals surface area contributed by atoms with Gasteiger partial charge < -0.3 is 14.9 Å². The molecule has 1 atom stereocenters. The van der Waals surface area contributed by atoms with Gasteiger partial charge in [0.2, 0.25) is 0 Å². The summed E-state index contributed by atoms with van der Waals surface area (Å²) in [5, 5.41) is 19.3. The van der Waals surface area contributed by atoms with Crippen LogP contribution in [-0.4, -0.2) is 45.0 Å². The summed E-state index contributed by atoms with van der Waals surface area (Å²) in [7, 11) is 0. The monoisotopic (exact) mass is 271 g/mol. The summed E-state index contributed by atoms with van der Waals surface area (Å²) >= 11 is 0. The molecule has 6 heteroatoms. The predicted molar refractivity (Wildman–Crippen MR) is 66.5 cm³/mol. The number of amides is 1. The van der Waals surface area contributed by atoms with Crippen molar-refractivity contribution in [3.63, 3.8) is 0 Å². The lowest BCUT2D eigenvalue weighted by atomic mass is 9.77. The van der Waals surface area contributed by atoms with Crippen LogP contribution in [0.1, 0.15) is 51.9 Å². The zero-order valence-electron chi connectivity index (χ0n) is 11.2. The molecule has 0 radical (unpaired) electrons. The fraction of sp³-hybridized carbons (Fsp3) is 0.846. The number of ether oxygens (including phenoxy) is 1. The Balaban J connectivity index is 2.07. The Hall–Kier alpha value is -1.30. The molecule has 1 saturated carbocycles. The highest BCUT2D eigenvalue weighted by atomic mass is 16.6. The van der Waals surface area contributed by atoms with E-state index in [0.29, 0.717) is 19.3 Å². The maximum Gasteiger partial charge on any atom is 0.412 e. The van der Waals surface area contributed by atoms with Crippen LogP contribution in [0.25, 0.3) is 0 Å². The van der Waals surface area contributed by atoms with Crippen molar-refractivity contribution in [1.82, 2.24) is 4.90 Å². The molecule has 0 aromatic rings. The minimum absolute atomic E-state index is 0.0210. The molecule has 2 rings (SSSR count). The zero-order valence-corrected chi connectivity index (χ0v) is 11.2. The molecule has 0 aromatic heterocycles. The molecule has 19 heavy (non-hydrogen) atoms. The maximum atomic E-state index is 11.9. The van der Waals surface area contributed by atoms with E-state index in [-0.39, 0.29) is 13.0 Å². The van der Waals surface area contributed by atoms with Gasteiger partial charge in [0.25, 0.3) is 0 Å². The number of carboxylic acid groups (broad SMARTS) is 1. The highest BCUT2D eigenvalue weighted by molar-refractivity contribution is 5.72. The molecule has 1 aliphatic heterocycles. The average molecular weight is 271 g/mol. The number of hydrogen-bond donors (Lipinski definition) is 2. The van der Waals surface area contributed by atoms with Gasteiger partial charge in [-0.25, -0.2) is 4.79 Å². The van der Waals surface area contributed by atoms with Crippen molar-refractivity contribution in [2.24, 2.45) is 0 Å². The summed E-state index contributed by atoms with van der Waals surface area (Å²) in [5.41, 5.74) is -2.16. The van der Waals surface area contributed by atoms with Gasteiger partial charge in [-0.2, -0.15) is 0 Å². The van der Waals surface area contributed by atoms with Crippen LogP contribution in [-0.2, 0) is 9.53 Å². The molecule has 108 valence electrons. The van der Waals surface area contributed by atoms with E-state index in [1.807, 2.05) is 0 Å². The van der Waals surface area contributed by atoms with E-state index in [2.05, 4.69) is 0 Å². The van der Waals surface area contributed by atoms with Crippen molar-refractivity contribution in [1.29, 1.82) is 0 Å². The molecule has 1 saturated heterocycles. The smallest absolute Gasteiger partial charge is 0.412 e. The molecule has 0 bridgehead atoms. The SMILES string of the molecule is C[C@@]1(O)N(CCCC(=O)O)C(=O)OC12CCCCC2. The molecule has 1 aliphatic carbocycles. The second-order valence-electron chi connectivity index (χ2n) is 5.59. The minimum Gasteiger partial charge on any atom is -0.481 e. The molecule has 1 amide bonds. The van der Waals surface area contributed by atoms with Crippen LogP contribution in [0.15, 0.2) is 0 Å². The lowest BCUT2D eigenvalue weighted by molar-refractivity contribution is -0.159. The quantitative estimate of drug-likeness (QED) is 0.812. The summed E-state index contributed by atoms with van der Waals surface area (Å²) < 4.78 is 5.46. The first kappa shape index (κ1) is 14.1. The van der Waals surface area contributed by atoms with Gasteiger partial charge in [0.1, 0.15) is 0 Å². The first-order valence-electron chi connectivity index (χ1n) is 6.84. The molecule has 1 heterocycles. The van der Waals surface area contributed by atoms with Crippen LogP contribution < -0.4 is 0 Å². The molecular formula is C13H21NO5. The third kappa shape index (κ3) is 2.41. The van der Waals surface area contributed by atoms with E-state index in [1.165, 1.54) is 4.90 Å². The van der Waals surface area contributed by atoms with E-state index in [4.69, 9.17) is 9.84 Å². The topological polar surface area (TPSA) is 87.1 Å². The number of carbonyl (C=O) groups excluding carboxylic acids is 1. The Morgan fingerprint density at radius 3 is 2.58 bits per heavy atom. The third-order valence-electron chi connectivity index (χ3n) is 4.33. The Morgan fingerprint density at radius 2 is 2.00 bits per heavy atom. The highest BCUT2D eigenvalue weighted by Gasteiger charge is 2.61. The fourth-order valence-electron chi connectivity index (χ4n) is 3.14. The molecule has 1 spiro atoms. The van der Waals surface area contributed by atoms with Gasteiger partial charge in [-0.1, -0.05) is 6.42 Å². The molecule has 0 unspecified atom stereocenters. The standard InChI is InChI=1S/C13H21NO5/c1-12(18)13(7-3-2-4-8-13)19-11(17)14(12)9-5-6-10(15)16/h18H,2-9H2,1H3,(H,15,16)/t12-/m0/s1. The minimum atomic E-state index is -1.34. The number of carboxylic acids is 1. The van der Waals surface area contributed by atoms with E-state index in [0.717, 1.165) is 19.3 Å². The third-order valence-corrected chi connectivity index (χ3v) is 4.33.